The summed E-state index contributed by atoms with van der Waals surface area (Å²) in [5.74, 6) is 0. The molecule has 0 unspecified atom stereocenters. The third-order valence-corrected chi connectivity index (χ3v) is 2.95. The molecule has 2 heteroatoms. The van der Waals surface area contributed by atoms with Gasteiger partial charge < -0.3 is 5.73 Å². The molecule has 2 rings (SSSR count). The lowest BCUT2D eigenvalue weighted by Gasteiger charge is -2.06. The van der Waals surface area contributed by atoms with E-state index in [9.17, 15) is 0 Å². The first-order valence-electron chi connectivity index (χ1n) is 6.59. The van der Waals surface area contributed by atoms with Crippen molar-refractivity contribution in [2.75, 3.05) is 0 Å². The molecule has 0 aromatic heterocycles. The van der Waals surface area contributed by atoms with Crippen molar-refractivity contribution in [3.63, 3.8) is 0 Å². The maximum atomic E-state index is 6.18. The summed E-state index contributed by atoms with van der Waals surface area (Å²) in [4.78, 5) is 0. The van der Waals surface area contributed by atoms with Crippen molar-refractivity contribution in [2.45, 2.75) is 6.32 Å². The van der Waals surface area contributed by atoms with Gasteiger partial charge in [-0.05, 0) is 22.8 Å². The molecule has 2 N–H and O–H groups in total. The fourth-order valence-corrected chi connectivity index (χ4v) is 1.99. The van der Waals surface area contributed by atoms with Gasteiger partial charge in [0.1, 0.15) is 7.85 Å². The zero-order valence-corrected chi connectivity index (χ0v) is 11.2. The summed E-state index contributed by atoms with van der Waals surface area (Å²) in [5, 5.41) is 0. The molecule has 0 atom stereocenters. The van der Waals surface area contributed by atoms with Crippen molar-refractivity contribution in [1.29, 1.82) is 0 Å². The summed E-state index contributed by atoms with van der Waals surface area (Å²) in [6.45, 7) is 0. The minimum atomic E-state index is 0.796. The minimum Gasteiger partial charge on any atom is -0.398 e. The van der Waals surface area contributed by atoms with Crippen molar-refractivity contribution in [2.24, 2.45) is 5.73 Å². The van der Waals surface area contributed by atoms with Gasteiger partial charge in [0, 0.05) is 5.70 Å². The first-order chi connectivity index (χ1) is 9.31. The molecule has 0 amide bonds. The lowest BCUT2D eigenvalue weighted by atomic mass is 9.96. The lowest BCUT2D eigenvalue weighted by molar-refractivity contribution is 1.50. The summed E-state index contributed by atoms with van der Waals surface area (Å²) >= 11 is 0. The first-order valence-corrected chi connectivity index (χ1v) is 6.59. The molecule has 2 aromatic rings. The first kappa shape index (κ1) is 13.2. The van der Waals surface area contributed by atoms with Crippen LogP contribution in [0.4, 0.5) is 0 Å². The molecule has 0 spiro atoms. The van der Waals surface area contributed by atoms with Crippen molar-refractivity contribution in [3.8, 4) is 0 Å². The Hall–Kier alpha value is -2.22. The molecular formula is C17H18BN. The van der Waals surface area contributed by atoms with Crippen molar-refractivity contribution in [3.05, 3.63) is 83.9 Å². The summed E-state index contributed by atoms with van der Waals surface area (Å²) in [7, 11) is 2.13. The van der Waals surface area contributed by atoms with Gasteiger partial charge >= 0.3 is 0 Å². The van der Waals surface area contributed by atoms with Gasteiger partial charge in [0.25, 0.3) is 0 Å². The largest absolute Gasteiger partial charge is 0.398 e. The van der Waals surface area contributed by atoms with E-state index in [1.54, 1.807) is 0 Å². The number of nitrogens with two attached hydrogens (primary N) is 1. The molecule has 0 aliphatic rings. The summed E-state index contributed by atoms with van der Waals surface area (Å²) < 4.78 is 0. The van der Waals surface area contributed by atoms with Crippen LogP contribution in [0.1, 0.15) is 11.1 Å². The van der Waals surface area contributed by atoms with Gasteiger partial charge in [-0.3, -0.25) is 0 Å². The van der Waals surface area contributed by atoms with E-state index >= 15 is 0 Å². The van der Waals surface area contributed by atoms with Crippen LogP contribution in [0.25, 0.3) is 11.3 Å². The Balaban J connectivity index is 2.35. The SMILES string of the molecule is BC/C=C(\C=C(/N)c1ccccc1)c1ccccc1. The standard InChI is InChI=1S/C17H18BN/c18-12-11-16(14-7-3-1-4-8-14)13-17(19)15-9-5-2-6-10-15/h1-11,13H,12,18-19H2/b16-11+,17-13-. The Labute approximate surface area is 115 Å². The molecule has 0 aliphatic heterocycles. The van der Waals surface area contributed by atoms with E-state index < -0.39 is 0 Å². The van der Waals surface area contributed by atoms with Crippen LogP contribution in [0.15, 0.2) is 72.8 Å². The molecule has 1 nitrogen and oxygen atoms in total. The lowest BCUT2D eigenvalue weighted by Crippen LogP contribution is -1.96. The van der Waals surface area contributed by atoms with Gasteiger partial charge in [0.2, 0.25) is 0 Å². The van der Waals surface area contributed by atoms with Crippen LogP contribution in [0, 0.1) is 0 Å². The fraction of sp³-hybridized carbons (Fsp3) is 0.0588. The topological polar surface area (TPSA) is 26.0 Å². The normalized spacial score (nSPS) is 12.4. The smallest absolute Gasteiger partial charge is 0.106 e. The average molecular weight is 247 g/mol. The van der Waals surface area contributed by atoms with Gasteiger partial charge in [-0.25, -0.2) is 0 Å². The second-order valence-electron chi connectivity index (χ2n) is 4.40. The summed E-state index contributed by atoms with van der Waals surface area (Å²) in [5.41, 5.74) is 10.4. The highest BCUT2D eigenvalue weighted by Gasteiger charge is 2.00. The van der Waals surface area contributed by atoms with Crippen molar-refractivity contribution < 1.29 is 0 Å². The van der Waals surface area contributed by atoms with Gasteiger partial charge in [-0.2, -0.15) is 0 Å². The van der Waals surface area contributed by atoms with Crippen LogP contribution in [0.2, 0.25) is 6.32 Å². The van der Waals surface area contributed by atoms with Crippen molar-refractivity contribution in [1.82, 2.24) is 0 Å². The zero-order chi connectivity index (χ0) is 13.5. The summed E-state index contributed by atoms with van der Waals surface area (Å²) in [6, 6.07) is 20.4. The molecule has 0 aliphatic carbocycles. The number of hydrogen-bond acceptors (Lipinski definition) is 1. The predicted octanol–water partition coefficient (Wildman–Crippen LogP) is 3.12. The van der Waals surface area contributed by atoms with E-state index in [0.717, 1.165) is 17.6 Å². The highest BCUT2D eigenvalue weighted by atomic mass is 14.6. The van der Waals surface area contributed by atoms with Crippen molar-refractivity contribution >= 4 is 19.1 Å². The highest BCUT2D eigenvalue weighted by Crippen LogP contribution is 2.20. The molecule has 0 bridgehead atoms. The van der Waals surface area contributed by atoms with Gasteiger partial charge in [-0.1, -0.05) is 73.1 Å². The van der Waals surface area contributed by atoms with Gasteiger partial charge in [-0.15, -0.1) is 0 Å². The molecule has 0 saturated heterocycles. The second-order valence-corrected chi connectivity index (χ2v) is 4.40. The zero-order valence-electron chi connectivity index (χ0n) is 11.2. The molecule has 19 heavy (non-hydrogen) atoms. The maximum absolute atomic E-state index is 6.18. The quantitative estimate of drug-likeness (QED) is 0.652. The third kappa shape index (κ3) is 3.62. The Bertz CT molecular complexity index is 571. The van der Waals surface area contributed by atoms with E-state index in [4.69, 9.17) is 5.73 Å². The second kappa shape index (κ2) is 6.65. The van der Waals surface area contributed by atoms with E-state index in [1.807, 2.05) is 54.6 Å². The molecule has 0 saturated carbocycles. The average Bonchev–Trinajstić information content (AvgIpc) is 2.48. The number of allylic oxidation sites excluding steroid dienone is 3. The Morgan fingerprint density at radius 3 is 1.95 bits per heavy atom. The highest BCUT2D eigenvalue weighted by molar-refractivity contribution is 6.10. The van der Waals surface area contributed by atoms with Crippen LogP contribution in [-0.4, -0.2) is 7.85 Å². The van der Waals surface area contributed by atoms with E-state index in [2.05, 4.69) is 26.1 Å². The monoisotopic (exact) mass is 247 g/mol. The predicted molar refractivity (Wildman–Crippen MR) is 86.4 cm³/mol. The van der Waals surface area contributed by atoms with Crippen LogP contribution >= 0.6 is 0 Å². The number of rotatable bonds is 4. The third-order valence-electron chi connectivity index (χ3n) is 2.95. The van der Waals surface area contributed by atoms with Gasteiger partial charge in [0.05, 0.1) is 0 Å². The van der Waals surface area contributed by atoms with Crippen LogP contribution in [0.5, 0.6) is 0 Å². The van der Waals surface area contributed by atoms with E-state index in [-0.39, 0.29) is 0 Å². The number of hydrogen-bond donors (Lipinski definition) is 1. The molecule has 2 aromatic carbocycles. The van der Waals surface area contributed by atoms with E-state index in [1.165, 1.54) is 11.1 Å². The Kier molecular flexibility index (Phi) is 4.63. The fourth-order valence-electron chi connectivity index (χ4n) is 1.99. The summed E-state index contributed by atoms with van der Waals surface area (Å²) in [6.07, 6.45) is 5.24. The molecule has 0 heterocycles. The van der Waals surface area contributed by atoms with Crippen LogP contribution in [-0.2, 0) is 0 Å². The molecule has 0 fully saturated rings. The Morgan fingerprint density at radius 1 is 0.895 bits per heavy atom. The van der Waals surface area contributed by atoms with Crippen LogP contribution in [0.3, 0.4) is 0 Å². The van der Waals surface area contributed by atoms with Gasteiger partial charge in [0.15, 0.2) is 0 Å². The minimum absolute atomic E-state index is 0.796. The van der Waals surface area contributed by atoms with Crippen LogP contribution < -0.4 is 5.73 Å². The number of benzene rings is 2. The molecular weight excluding hydrogens is 229 g/mol. The molecule has 94 valence electrons. The van der Waals surface area contributed by atoms with E-state index in [0.29, 0.717) is 0 Å². The Morgan fingerprint density at radius 2 is 1.42 bits per heavy atom. The maximum Gasteiger partial charge on any atom is 0.106 e. The molecule has 0 radical (unpaired) electrons.